The molecular formula is C19H17N5OS3. The third kappa shape index (κ3) is 3.88. The molecule has 1 N–H and O–H groups in total. The summed E-state index contributed by atoms with van der Waals surface area (Å²) in [6, 6.07) is 12.5. The second-order valence-electron chi connectivity index (χ2n) is 6.37. The van der Waals surface area contributed by atoms with Gasteiger partial charge in [-0.1, -0.05) is 41.7 Å². The minimum atomic E-state index is 0.281. The fraction of sp³-hybridized carbons (Fsp3) is 0.263. The molecule has 0 amide bonds. The third-order valence-electron chi connectivity index (χ3n) is 4.45. The molecule has 1 atom stereocenters. The number of aromatic nitrogens is 4. The zero-order valence-electron chi connectivity index (χ0n) is 14.9. The topological polar surface area (TPSA) is 72.8 Å². The van der Waals surface area contributed by atoms with E-state index in [-0.39, 0.29) is 6.10 Å². The number of thiophene rings is 1. The van der Waals surface area contributed by atoms with Crippen LogP contribution in [0.2, 0.25) is 0 Å². The van der Waals surface area contributed by atoms with Crippen LogP contribution in [0.5, 0.6) is 0 Å². The summed E-state index contributed by atoms with van der Waals surface area (Å²) in [5.74, 6) is 0. The molecule has 1 aliphatic heterocycles. The van der Waals surface area contributed by atoms with E-state index in [4.69, 9.17) is 4.74 Å². The lowest BCUT2D eigenvalue weighted by Gasteiger charge is -2.08. The molecule has 28 heavy (non-hydrogen) atoms. The van der Waals surface area contributed by atoms with Crippen molar-refractivity contribution in [2.45, 2.75) is 28.3 Å². The highest BCUT2D eigenvalue weighted by molar-refractivity contribution is 8.01. The number of rotatable bonds is 6. The van der Waals surface area contributed by atoms with Crippen LogP contribution in [-0.4, -0.2) is 39.4 Å². The van der Waals surface area contributed by atoms with Crippen LogP contribution in [0.15, 0.2) is 52.1 Å². The van der Waals surface area contributed by atoms with Crippen LogP contribution >= 0.6 is 34.4 Å². The Morgan fingerprint density at radius 1 is 1.14 bits per heavy atom. The van der Waals surface area contributed by atoms with E-state index in [0.717, 1.165) is 50.7 Å². The summed E-state index contributed by atoms with van der Waals surface area (Å²) in [5.41, 5.74) is 1.19. The molecule has 4 heterocycles. The van der Waals surface area contributed by atoms with Crippen molar-refractivity contribution in [3.8, 4) is 10.4 Å². The molecular weight excluding hydrogens is 410 g/mol. The first-order valence-corrected chi connectivity index (χ1v) is 11.5. The van der Waals surface area contributed by atoms with Crippen LogP contribution in [0.1, 0.15) is 12.8 Å². The Labute approximate surface area is 174 Å². The van der Waals surface area contributed by atoms with Gasteiger partial charge >= 0.3 is 0 Å². The maximum Gasteiger partial charge on any atom is 0.206 e. The Morgan fingerprint density at radius 3 is 2.93 bits per heavy atom. The third-order valence-corrected chi connectivity index (χ3v) is 7.49. The number of nitrogens with zero attached hydrogens (tertiary/aromatic N) is 4. The van der Waals surface area contributed by atoms with Crippen molar-refractivity contribution >= 4 is 49.8 Å². The van der Waals surface area contributed by atoms with E-state index in [0.29, 0.717) is 0 Å². The molecule has 6 nitrogen and oxygen atoms in total. The molecule has 1 saturated heterocycles. The SMILES string of the molecule is c1ccc(-c2cc3c(Sc4nnc(NC[C@@H]5CCCO5)s4)ncnc3s2)cc1. The second-order valence-corrected chi connectivity index (χ2v) is 9.61. The van der Waals surface area contributed by atoms with Gasteiger partial charge in [-0.2, -0.15) is 0 Å². The van der Waals surface area contributed by atoms with Gasteiger partial charge in [0.05, 0.1) is 6.10 Å². The van der Waals surface area contributed by atoms with Crippen molar-refractivity contribution in [1.82, 2.24) is 20.2 Å². The van der Waals surface area contributed by atoms with Crippen LogP contribution in [0.25, 0.3) is 20.7 Å². The lowest BCUT2D eigenvalue weighted by molar-refractivity contribution is 0.120. The number of hydrogen-bond donors (Lipinski definition) is 1. The highest BCUT2D eigenvalue weighted by Gasteiger charge is 2.17. The van der Waals surface area contributed by atoms with Crippen LogP contribution in [0.4, 0.5) is 5.13 Å². The van der Waals surface area contributed by atoms with E-state index in [1.807, 2.05) is 18.2 Å². The van der Waals surface area contributed by atoms with Gasteiger partial charge in [-0.15, -0.1) is 21.5 Å². The molecule has 4 aromatic rings. The first kappa shape index (κ1) is 18.0. The Kier molecular flexibility index (Phi) is 5.22. The largest absolute Gasteiger partial charge is 0.376 e. The van der Waals surface area contributed by atoms with Gasteiger partial charge in [-0.3, -0.25) is 0 Å². The van der Waals surface area contributed by atoms with Gasteiger partial charge < -0.3 is 10.1 Å². The minimum absolute atomic E-state index is 0.281. The monoisotopic (exact) mass is 427 g/mol. The van der Waals surface area contributed by atoms with Gasteiger partial charge in [0.25, 0.3) is 0 Å². The molecule has 0 unspecified atom stereocenters. The second kappa shape index (κ2) is 8.12. The summed E-state index contributed by atoms with van der Waals surface area (Å²) in [4.78, 5) is 11.1. The van der Waals surface area contributed by atoms with Crippen LogP contribution in [-0.2, 0) is 4.74 Å². The number of nitrogens with one attached hydrogen (secondary N) is 1. The summed E-state index contributed by atoms with van der Waals surface area (Å²) < 4.78 is 6.50. The van der Waals surface area contributed by atoms with E-state index in [9.17, 15) is 0 Å². The average molecular weight is 428 g/mol. The lowest BCUT2D eigenvalue weighted by atomic mass is 10.2. The summed E-state index contributed by atoms with van der Waals surface area (Å²) in [5, 5.41) is 14.7. The van der Waals surface area contributed by atoms with E-state index < -0.39 is 0 Å². The van der Waals surface area contributed by atoms with E-state index >= 15 is 0 Å². The van der Waals surface area contributed by atoms with Crippen molar-refractivity contribution < 1.29 is 4.74 Å². The number of hydrogen-bond acceptors (Lipinski definition) is 9. The zero-order valence-corrected chi connectivity index (χ0v) is 17.3. The summed E-state index contributed by atoms with van der Waals surface area (Å²) in [6.45, 7) is 1.64. The first-order chi connectivity index (χ1) is 13.8. The average Bonchev–Trinajstić information content (AvgIpc) is 3.48. The van der Waals surface area contributed by atoms with Crippen molar-refractivity contribution in [3.63, 3.8) is 0 Å². The van der Waals surface area contributed by atoms with Crippen LogP contribution in [0.3, 0.4) is 0 Å². The van der Waals surface area contributed by atoms with Gasteiger partial charge in [0.15, 0.2) is 4.34 Å². The van der Waals surface area contributed by atoms with Crippen molar-refractivity contribution in [1.29, 1.82) is 0 Å². The van der Waals surface area contributed by atoms with E-state index in [1.54, 1.807) is 17.7 Å². The Balaban J connectivity index is 1.34. The Hall–Kier alpha value is -2.07. The smallest absolute Gasteiger partial charge is 0.206 e. The van der Waals surface area contributed by atoms with Crippen LogP contribution in [0, 0.1) is 0 Å². The molecule has 3 aromatic heterocycles. The molecule has 0 radical (unpaired) electrons. The van der Waals surface area contributed by atoms with Crippen LogP contribution < -0.4 is 5.32 Å². The highest BCUT2D eigenvalue weighted by atomic mass is 32.2. The molecule has 1 aromatic carbocycles. The minimum Gasteiger partial charge on any atom is -0.376 e. The van der Waals surface area contributed by atoms with Gasteiger partial charge in [0, 0.05) is 23.4 Å². The summed E-state index contributed by atoms with van der Waals surface area (Å²) >= 11 is 4.75. The predicted molar refractivity (Wildman–Crippen MR) is 114 cm³/mol. The fourth-order valence-corrected chi connectivity index (χ4v) is 5.88. The maximum absolute atomic E-state index is 5.64. The van der Waals surface area contributed by atoms with E-state index in [1.165, 1.54) is 33.5 Å². The number of fused-ring (bicyclic) bond motifs is 1. The molecule has 142 valence electrons. The van der Waals surface area contributed by atoms with Gasteiger partial charge in [0.1, 0.15) is 16.2 Å². The zero-order chi connectivity index (χ0) is 18.8. The fourth-order valence-electron chi connectivity index (χ4n) is 3.07. The van der Waals surface area contributed by atoms with Crippen molar-refractivity contribution in [3.05, 3.63) is 42.7 Å². The summed E-state index contributed by atoms with van der Waals surface area (Å²) in [6.07, 6.45) is 4.14. The highest BCUT2D eigenvalue weighted by Crippen LogP contribution is 2.39. The van der Waals surface area contributed by atoms with E-state index in [2.05, 4.69) is 43.7 Å². The van der Waals surface area contributed by atoms with Crippen molar-refractivity contribution in [2.75, 3.05) is 18.5 Å². The quantitative estimate of drug-likeness (QED) is 0.436. The maximum atomic E-state index is 5.64. The molecule has 0 aliphatic carbocycles. The summed E-state index contributed by atoms with van der Waals surface area (Å²) in [7, 11) is 0. The number of benzene rings is 1. The normalized spacial score (nSPS) is 16.6. The molecule has 5 rings (SSSR count). The number of ether oxygens (including phenoxy) is 1. The molecule has 0 bridgehead atoms. The van der Waals surface area contributed by atoms with Crippen molar-refractivity contribution in [2.24, 2.45) is 0 Å². The Bertz CT molecular complexity index is 1080. The van der Waals surface area contributed by atoms with Gasteiger partial charge in [-0.25, -0.2) is 9.97 Å². The lowest BCUT2D eigenvalue weighted by Crippen LogP contribution is -2.18. The first-order valence-electron chi connectivity index (χ1n) is 9.02. The van der Waals surface area contributed by atoms with Gasteiger partial charge in [-0.05, 0) is 36.2 Å². The molecule has 1 aliphatic rings. The Morgan fingerprint density at radius 2 is 2.07 bits per heavy atom. The standard InChI is InChI=1S/C19H17N5OS3/c1-2-5-12(6-3-1)15-9-14-16(26-15)21-11-22-17(14)27-19-24-23-18(28-19)20-10-13-7-4-8-25-13/h1-3,5-6,9,11,13H,4,7-8,10H2,(H,20,23)/t13-/m0/s1. The molecule has 1 fully saturated rings. The number of anilines is 1. The molecule has 9 heteroatoms. The molecule has 0 spiro atoms. The molecule has 0 saturated carbocycles. The predicted octanol–water partition coefficient (Wildman–Crippen LogP) is 4.95. The van der Waals surface area contributed by atoms with Gasteiger partial charge in [0.2, 0.25) is 5.13 Å².